The van der Waals surface area contributed by atoms with Crippen LogP contribution in [0.1, 0.15) is 5.56 Å². The van der Waals surface area contributed by atoms with E-state index in [2.05, 4.69) is 5.10 Å². The lowest BCUT2D eigenvalue weighted by atomic mass is 10.4. The third kappa shape index (κ3) is 0.801. The lowest BCUT2D eigenvalue weighted by Gasteiger charge is -1.91. The summed E-state index contributed by atoms with van der Waals surface area (Å²) in [4.78, 5) is 10.7. The average Bonchev–Trinajstić information content (AvgIpc) is 2.09. The van der Waals surface area contributed by atoms with Gasteiger partial charge < -0.3 is 10.2 Å². The molecule has 0 aliphatic carbocycles. The van der Waals surface area contributed by atoms with Gasteiger partial charge in [-0.25, -0.2) is 0 Å². The summed E-state index contributed by atoms with van der Waals surface area (Å²) in [6.07, 6.45) is 0. The topological polar surface area (TPSA) is 78.2 Å². The summed E-state index contributed by atoms with van der Waals surface area (Å²) in [6.45, 7) is -0.442. The molecule has 5 nitrogen and oxygen atoms in total. The molecule has 56 valence electrons. The van der Waals surface area contributed by atoms with Crippen molar-refractivity contribution >= 4 is 0 Å². The highest BCUT2D eigenvalue weighted by Gasteiger charge is 2.08. The first kappa shape index (κ1) is 6.88. The number of nitrogens with one attached hydrogen (secondary N) is 1. The maximum absolute atomic E-state index is 10.7. The number of nitrogens with zero attached hydrogens (tertiary/aromatic N) is 1. The maximum atomic E-state index is 10.7. The van der Waals surface area contributed by atoms with E-state index >= 15 is 0 Å². The summed E-state index contributed by atoms with van der Waals surface area (Å²) < 4.78 is 1.15. The molecule has 1 aromatic rings. The molecule has 0 amide bonds. The Hall–Kier alpha value is -1.23. The Morgan fingerprint density at radius 3 is 2.50 bits per heavy atom. The molecule has 0 saturated heterocycles. The molecule has 10 heavy (non-hydrogen) atoms. The van der Waals surface area contributed by atoms with E-state index in [-0.39, 0.29) is 11.4 Å². The van der Waals surface area contributed by atoms with Gasteiger partial charge in [0.15, 0.2) is 0 Å². The minimum absolute atomic E-state index is 0.00231. The molecule has 0 radical (unpaired) electrons. The average molecular weight is 144 g/mol. The van der Waals surface area contributed by atoms with Gasteiger partial charge >= 0.3 is 0 Å². The summed E-state index contributed by atoms with van der Waals surface area (Å²) in [6, 6.07) is 0. The summed E-state index contributed by atoms with van der Waals surface area (Å²) >= 11 is 0. The van der Waals surface area contributed by atoms with Crippen LogP contribution >= 0.6 is 0 Å². The highest BCUT2D eigenvalue weighted by molar-refractivity contribution is 5.21. The van der Waals surface area contributed by atoms with E-state index in [1.54, 1.807) is 0 Å². The minimum atomic E-state index is -0.456. The van der Waals surface area contributed by atoms with Crippen molar-refractivity contribution in [1.82, 2.24) is 9.78 Å². The summed E-state index contributed by atoms with van der Waals surface area (Å²) in [5.74, 6) is -0.215. The first-order valence-electron chi connectivity index (χ1n) is 2.74. The molecule has 0 fully saturated rings. The first-order valence-corrected chi connectivity index (χ1v) is 2.74. The summed E-state index contributed by atoms with van der Waals surface area (Å²) in [5.41, 5.74) is -0.454. The molecule has 0 spiro atoms. The van der Waals surface area contributed by atoms with Crippen LogP contribution in [0.3, 0.4) is 0 Å². The molecule has 0 aliphatic rings. The van der Waals surface area contributed by atoms with Crippen LogP contribution < -0.4 is 5.56 Å². The van der Waals surface area contributed by atoms with Gasteiger partial charge in [-0.15, -0.1) is 0 Å². The van der Waals surface area contributed by atoms with Gasteiger partial charge in [0.2, 0.25) is 5.88 Å². The van der Waals surface area contributed by atoms with E-state index in [4.69, 9.17) is 10.2 Å². The molecule has 0 aromatic carbocycles. The number of aliphatic hydroxyl groups is 1. The minimum Gasteiger partial charge on any atom is -0.493 e. The van der Waals surface area contributed by atoms with Crippen LogP contribution in [-0.2, 0) is 13.7 Å². The van der Waals surface area contributed by atoms with Crippen molar-refractivity contribution in [1.29, 1.82) is 0 Å². The predicted molar refractivity (Wildman–Crippen MR) is 33.6 cm³/mol. The van der Waals surface area contributed by atoms with Gasteiger partial charge in [0.1, 0.15) is 5.56 Å². The molecule has 5 heteroatoms. The van der Waals surface area contributed by atoms with Crippen molar-refractivity contribution in [3.05, 3.63) is 15.9 Å². The lowest BCUT2D eigenvalue weighted by Crippen LogP contribution is -2.06. The van der Waals surface area contributed by atoms with E-state index in [0.29, 0.717) is 0 Å². The normalized spacial score (nSPS) is 10.2. The SMILES string of the molecule is Cn1[nH]c(=O)c(CO)c1O. The van der Waals surface area contributed by atoms with Crippen molar-refractivity contribution in [3.63, 3.8) is 0 Å². The van der Waals surface area contributed by atoms with Gasteiger partial charge in [-0.1, -0.05) is 0 Å². The Balaban J connectivity index is 3.34. The fraction of sp³-hybridized carbons (Fsp3) is 0.400. The monoisotopic (exact) mass is 144 g/mol. The van der Waals surface area contributed by atoms with Gasteiger partial charge in [-0.2, -0.15) is 0 Å². The highest BCUT2D eigenvalue weighted by Crippen LogP contribution is 2.08. The molecule has 0 saturated carbocycles. The van der Waals surface area contributed by atoms with Crippen molar-refractivity contribution in [2.24, 2.45) is 7.05 Å². The fourth-order valence-electron chi connectivity index (χ4n) is 0.719. The summed E-state index contributed by atoms with van der Waals surface area (Å²) in [7, 11) is 1.48. The largest absolute Gasteiger partial charge is 0.493 e. The van der Waals surface area contributed by atoms with Crippen LogP contribution in [-0.4, -0.2) is 20.0 Å². The van der Waals surface area contributed by atoms with Gasteiger partial charge in [0.05, 0.1) is 6.61 Å². The molecule has 1 heterocycles. The van der Waals surface area contributed by atoms with E-state index in [1.807, 2.05) is 0 Å². The quantitative estimate of drug-likeness (QED) is 0.468. The zero-order valence-corrected chi connectivity index (χ0v) is 5.46. The first-order chi connectivity index (χ1) is 4.66. The van der Waals surface area contributed by atoms with Crippen LogP contribution in [0.25, 0.3) is 0 Å². The molecule has 1 aromatic heterocycles. The zero-order valence-electron chi connectivity index (χ0n) is 5.46. The highest BCUT2D eigenvalue weighted by atomic mass is 16.3. The third-order valence-corrected chi connectivity index (χ3v) is 1.29. The van der Waals surface area contributed by atoms with E-state index in [0.717, 1.165) is 4.68 Å². The number of aryl methyl sites for hydroxylation is 1. The Kier molecular flexibility index (Phi) is 1.50. The standard InChI is InChI=1S/C5H8N2O3/c1-7-5(10)3(2-8)4(9)6-7/h8,10H,2H2,1H3,(H,6,9). The van der Waals surface area contributed by atoms with E-state index in [9.17, 15) is 4.79 Å². The van der Waals surface area contributed by atoms with Crippen LogP contribution in [0, 0.1) is 0 Å². The number of hydrogen-bond donors (Lipinski definition) is 3. The number of hydrogen-bond acceptors (Lipinski definition) is 3. The zero-order chi connectivity index (χ0) is 7.72. The molecule has 0 aliphatic heterocycles. The lowest BCUT2D eigenvalue weighted by molar-refractivity contribution is 0.273. The van der Waals surface area contributed by atoms with Crippen LogP contribution in [0.2, 0.25) is 0 Å². The molecular formula is C5H8N2O3. The second-order valence-corrected chi connectivity index (χ2v) is 1.96. The number of rotatable bonds is 1. The van der Waals surface area contributed by atoms with Crippen molar-refractivity contribution in [2.45, 2.75) is 6.61 Å². The van der Waals surface area contributed by atoms with Gasteiger partial charge in [-0.3, -0.25) is 14.6 Å². The van der Waals surface area contributed by atoms with Crippen molar-refractivity contribution in [2.75, 3.05) is 0 Å². The summed E-state index contributed by atoms with van der Waals surface area (Å²) in [5, 5.41) is 19.8. The van der Waals surface area contributed by atoms with Crippen LogP contribution in [0.15, 0.2) is 4.79 Å². The number of aliphatic hydroxyl groups excluding tert-OH is 1. The Morgan fingerprint density at radius 1 is 1.70 bits per heavy atom. The molecule has 0 bridgehead atoms. The Bertz CT molecular complexity index is 286. The van der Waals surface area contributed by atoms with E-state index in [1.165, 1.54) is 7.05 Å². The molecule has 0 atom stereocenters. The molecular weight excluding hydrogens is 136 g/mol. The fourth-order valence-corrected chi connectivity index (χ4v) is 0.719. The molecule has 0 unspecified atom stereocenters. The smallest absolute Gasteiger partial charge is 0.273 e. The van der Waals surface area contributed by atoms with Crippen LogP contribution in [0.5, 0.6) is 5.88 Å². The van der Waals surface area contributed by atoms with Crippen LogP contribution in [0.4, 0.5) is 0 Å². The van der Waals surface area contributed by atoms with Crippen molar-refractivity contribution < 1.29 is 10.2 Å². The third-order valence-electron chi connectivity index (χ3n) is 1.29. The number of aromatic amines is 1. The van der Waals surface area contributed by atoms with Gasteiger partial charge in [0.25, 0.3) is 5.56 Å². The van der Waals surface area contributed by atoms with Crippen molar-refractivity contribution in [3.8, 4) is 5.88 Å². The molecule has 1 rings (SSSR count). The number of aromatic hydroxyl groups is 1. The number of aromatic nitrogens is 2. The predicted octanol–water partition coefficient (Wildman–Crippen LogP) is -1.09. The number of H-pyrrole nitrogens is 1. The second-order valence-electron chi connectivity index (χ2n) is 1.96. The second kappa shape index (κ2) is 2.18. The van der Waals surface area contributed by atoms with E-state index < -0.39 is 12.2 Å². The molecule has 3 N–H and O–H groups in total. The Morgan fingerprint density at radius 2 is 2.30 bits per heavy atom. The van der Waals surface area contributed by atoms with Gasteiger partial charge in [0, 0.05) is 7.05 Å². The Labute approximate surface area is 56.5 Å². The van der Waals surface area contributed by atoms with Gasteiger partial charge in [-0.05, 0) is 0 Å². The maximum Gasteiger partial charge on any atom is 0.273 e.